The largest absolute Gasteiger partial charge is 0.434 e. The summed E-state index contributed by atoms with van der Waals surface area (Å²) in [4.78, 5) is 15.4. The van der Waals surface area contributed by atoms with E-state index in [4.69, 9.17) is 0 Å². The van der Waals surface area contributed by atoms with Gasteiger partial charge in [-0.3, -0.25) is 4.79 Å². The third kappa shape index (κ3) is 3.47. The van der Waals surface area contributed by atoms with Crippen LogP contribution in [0.15, 0.2) is 42.5 Å². The van der Waals surface area contributed by atoms with Gasteiger partial charge in [0.2, 0.25) is 5.95 Å². The van der Waals surface area contributed by atoms with E-state index in [-0.39, 0.29) is 17.1 Å². The predicted molar refractivity (Wildman–Crippen MR) is 65.2 cm³/mol. The van der Waals surface area contributed by atoms with Crippen LogP contribution in [-0.4, -0.2) is 17.5 Å². The monoisotopic (exact) mass is 282 g/mol. The van der Waals surface area contributed by atoms with Gasteiger partial charge in [0.25, 0.3) is 5.91 Å². The van der Waals surface area contributed by atoms with Crippen LogP contribution in [0.25, 0.3) is 0 Å². The number of hydrogen-bond acceptors (Lipinski definition) is 3. The number of rotatable bonds is 4. The number of hydrogen-bond donors (Lipinski definition) is 1. The van der Waals surface area contributed by atoms with Gasteiger partial charge < -0.3 is 10.1 Å². The summed E-state index contributed by atoms with van der Waals surface area (Å²) < 4.78 is 41.6. The summed E-state index contributed by atoms with van der Waals surface area (Å²) in [5.41, 5.74) is -0.0983. The van der Waals surface area contributed by atoms with E-state index in [0.717, 1.165) is 6.07 Å². The van der Waals surface area contributed by atoms with Crippen molar-refractivity contribution in [2.75, 3.05) is 5.32 Å². The van der Waals surface area contributed by atoms with Crippen LogP contribution in [0.2, 0.25) is 0 Å². The van der Waals surface area contributed by atoms with E-state index in [9.17, 15) is 18.0 Å². The minimum Gasteiger partial charge on any atom is -0.434 e. The number of carbonyl (C=O) groups excluding carboxylic acids is 1. The fourth-order valence-electron chi connectivity index (χ4n) is 1.51. The molecule has 0 unspecified atom stereocenters. The summed E-state index contributed by atoms with van der Waals surface area (Å²) in [6, 6.07) is 9.34. The molecule has 0 saturated carbocycles. The molecule has 1 aromatic carbocycles. The van der Waals surface area contributed by atoms with Crippen molar-refractivity contribution in [2.45, 2.75) is 6.61 Å². The Morgan fingerprint density at radius 3 is 2.60 bits per heavy atom. The molecule has 20 heavy (non-hydrogen) atoms. The molecule has 0 aliphatic heterocycles. The first-order valence-electron chi connectivity index (χ1n) is 5.54. The standard InChI is InChI=1S/C13H9F3N2O2/c14-10-6-3-7-11(17-10)18-12(19)8-4-1-2-5-9(8)20-13(15)16/h1-7,13H,(H,17,18,19). The maximum absolute atomic E-state index is 12.9. The van der Waals surface area contributed by atoms with Crippen LogP contribution in [0, 0.1) is 5.95 Å². The highest BCUT2D eigenvalue weighted by atomic mass is 19.3. The Bertz CT molecular complexity index is 620. The summed E-state index contributed by atoms with van der Waals surface area (Å²) in [5.74, 6) is -1.78. The van der Waals surface area contributed by atoms with Crippen LogP contribution in [0.1, 0.15) is 10.4 Å². The molecule has 1 amide bonds. The number of nitrogens with one attached hydrogen (secondary N) is 1. The molecule has 1 aromatic heterocycles. The lowest BCUT2D eigenvalue weighted by Gasteiger charge is -2.10. The van der Waals surface area contributed by atoms with Crippen molar-refractivity contribution in [3.05, 3.63) is 54.0 Å². The van der Waals surface area contributed by atoms with Crippen molar-refractivity contribution in [1.82, 2.24) is 4.98 Å². The zero-order chi connectivity index (χ0) is 14.5. The number of benzene rings is 1. The molecule has 0 bridgehead atoms. The van der Waals surface area contributed by atoms with Crippen molar-refractivity contribution < 1.29 is 22.7 Å². The fraction of sp³-hybridized carbons (Fsp3) is 0.0769. The van der Waals surface area contributed by atoms with Gasteiger partial charge >= 0.3 is 6.61 Å². The second-order valence-corrected chi connectivity index (χ2v) is 3.67. The van der Waals surface area contributed by atoms with E-state index in [1.54, 1.807) is 0 Å². The Hall–Kier alpha value is -2.57. The number of nitrogens with zero attached hydrogens (tertiary/aromatic N) is 1. The smallest absolute Gasteiger partial charge is 0.387 e. The molecule has 0 radical (unpaired) electrons. The lowest BCUT2D eigenvalue weighted by molar-refractivity contribution is -0.0501. The van der Waals surface area contributed by atoms with Gasteiger partial charge in [0.15, 0.2) is 0 Å². The summed E-state index contributed by atoms with van der Waals surface area (Å²) in [6.45, 7) is -3.05. The third-order valence-electron chi connectivity index (χ3n) is 2.30. The van der Waals surface area contributed by atoms with Crippen molar-refractivity contribution >= 4 is 11.7 Å². The second-order valence-electron chi connectivity index (χ2n) is 3.67. The first-order valence-corrected chi connectivity index (χ1v) is 5.54. The minimum atomic E-state index is -3.05. The van der Waals surface area contributed by atoms with Crippen LogP contribution in [0.3, 0.4) is 0 Å². The van der Waals surface area contributed by atoms with Crippen LogP contribution < -0.4 is 10.1 Å². The molecule has 0 aliphatic rings. The molecule has 2 rings (SSSR count). The molecule has 0 atom stereocenters. The van der Waals surface area contributed by atoms with Crippen molar-refractivity contribution in [3.63, 3.8) is 0 Å². The molecule has 0 saturated heterocycles. The maximum Gasteiger partial charge on any atom is 0.387 e. The molecule has 0 aliphatic carbocycles. The number of aromatic nitrogens is 1. The molecule has 1 heterocycles. The van der Waals surface area contributed by atoms with Crippen molar-refractivity contribution in [3.8, 4) is 5.75 Å². The molecule has 2 aromatic rings. The highest BCUT2D eigenvalue weighted by molar-refractivity contribution is 6.05. The molecular formula is C13H9F3N2O2. The molecule has 4 nitrogen and oxygen atoms in total. The van der Waals surface area contributed by atoms with E-state index in [0.29, 0.717) is 0 Å². The van der Waals surface area contributed by atoms with E-state index < -0.39 is 18.5 Å². The Labute approximate surface area is 112 Å². The van der Waals surface area contributed by atoms with E-state index >= 15 is 0 Å². The highest BCUT2D eigenvalue weighted by Crippen LogP contribution is 2.21. The Balaban J connectivity index is 2.21. The fourth-order valence-corrected chi connectivity index (χ4v) is 1.51. The number of anilines is 1. The topological polar surface area (TPSA) is 51.2 Å². The lowest BCUT2D eigenvalue weighted by Crippen LogP contribution is -2.15. The van der Waals surface area contributed by atoms with Gasteiger partial charge in [-0.2, -0.15) is 13.2 Å². The Morgan fingerprint density at radius 2 is 1.90 bits per heavy atom. The quantitative estimate of drug-likeness (QED) is 0.877. The lowest BCUT2D eigenvalue weighted by atomic mass is 10.2. The van der Waals surface area contributed by atoms with E-state index in [1.165, 1.54) is 36.4 Å². The van der Waals surface area contributed by atoms with Gasteiger partial charge in [-0.25, -0.2) is 4.98 Å². The van der Waals surface area contributed by atoms with Crippen LogP contribution in [0.4, 0.5) is 19.0 Å². The molecule has 104 valence electrons. The van der Waals surface area contributed by atoms with Crippen LogP contribution in [0.5, 0.6) is 5.75 Å². The number of carbonyl (C=O) groups is 1. The SMILES string of the molecule is O=C(Nc1cccc(F)n1)c1ccccc1OC(F)F. The number of amides is 1. The maximum atomic E-state index is 12.9. The normalized spacial score (nSPS) is 10.4. The average Bonchev–Trinajstić information content (AvgIpc) is 2.38. The zero-order valence-electron chi connectivity index (χ0n) is 10.0. The summed E-state index contributed by atoms with van der Waals surface area (Å²) >= 11 is 0. The number of halogens is 3. The Morgan fingerprint density at radius 1 is 1.15 bits per heavy atom. The first kappa shape index (κ1) is 13.9. The van der Waals surface area contributed by atoms with Gasteiger partial charge in [-0.05, 0) is 24.3 Å². The third-order valence-corrected chi connectivity index (χ3v) is 2.30. The second kappa shape index (κ2) is 6.05. The number of para-hydroxylation sites is 1. The number of alkyl halides is 2. The molecule has 1 N–H and O–H groups in total. The van der Waals surface area contributed by atoms with Crippen LogP contribution >= 0.6 is 0 Å². The van der Waals surface area contributed by atoms with Crippen LogP contribution in [-0.2, 0) is 0 Å². The molecule has 0 spiro atoms. The summed E-state index contributed by atoms with van der Waals surface area (Å²) in [6.07, 6.45) is 0. The molecular weight excluding hydrogens is 273 g/mol. The average molecular weight is 282 g/mol. The van der Waals surface area contributed by atoms with Crippen molar-refractivity contribution in [1.29, 1.82) is 0 Å². The van der Waals surface area contributed by atoms with Crippen molar-refractivity contribution in [2.24, 2.45) is 0 Å². The van der Waals surface area contributed by atoms with Gasteiger partial charge in [-0.15, -0.1) is 0 Å². The summed E-state index contributed by atoms with van der Waals surface area (Å²) in [7, 11) is 0. The minimum absolute atomic E-state index is 0.0261. The van der Waals surface area contributed by atoms with E-state index in [2.05, 4.69) is 15.0 Å². The van der Waals surface area contributed by atoms with E-state index in [1.807, 2.05) is 0 Å². The number of pyridine rings is 1. The van der Waals surface area contributed by atoms with Gasteiger partial charge in [0.1, 0.15) is 11.6 Å². The highest BCUT2D eigenvalue weighted by Gasteiger charge is 2.15. The predicted octanol–water partition coefficient (Wildman–Crippen LogP) is 3.07. The number of ether oxygens (including phenoxy) is 1. The Kier molecular flexibility index (Phi) is 4.19. The molecule has 7 heteroatoms. The van der Waals surface area contributed by atoms with Gasteiger partial charge in [0.05, 0.1) is 5.56 Å². The zero-order valence-corrected chi connectivity index (χ0v) is 10.0. The molecule has 0 fully saturated rings. The summed E-state index contributed by atoms with van der Waals surface area (Å²) in [5, 5.41) is 2.30. The van der Waals surface area contributed by atoms with Gasteiger partial charge in [-0.1, -0.05) is 18.2 Å². The van der Waals surface area contributed by atoms with Gasteiger partial charge in [0, 0.05) is 0 Å². The first-order chi connectivity index (χ1) is 9.56.